The standard InChI is InChI=1S/C32H32N4O3/c1-3-36(29-18-8-5-9-19-29)32(39)26-15-11-16-27(21-26)33-22-30(37)35-28-17-10-14-25(20-28)31(38)34-23(2)24-12-6-4-7-13-24/h4-21,23,33H,3,22H2,1-2H3,(H,34,38)(H,35,37). The first kappa shape index (κ1) is 27.1. The fraction of sp³-hybridized carbons (Fsp3) is 0.156. The van der Waals surface area contributed by atoms with Gasteiger partial charge in [-0.3, -0.25) is 14.4 Å². The lowest BCUT2D eigenvalue weighted by Gasteiger charge is -2.21. The number of hydrogen-bond donors (Lipinski definition) is 3. The molecule has 4 rings (SSSR count). The molecule has 0 saturated heterocycles. The van der Waals surface area contributed by atoms with Crippen LogP contribution in [0.25, 0.3) is 0 Å². The van der Waals surface area contributed by atoms with Crippen molar-refractivity contribution >= 4 is 34.8 Å². The monoisotopic (exact) mass is 520 g/mol. The molecule has 0 radical (unpaired) electrons. The van der Waals surface area contributed by atoms with Crippen LogP contribution in [0.2, 0.25) is 0 Å². The van der Waals surface area contributed by atoms with Crippen LogP contribution in [0.3, 0.4) is 0 Å². The number of rotatable bonds is 10. The summed E-state index contributed by atoms with van der Waals surface area (Å²) >= 11 is 0. The highest BCUT2D eigenvalue weighted by Crippen LogP contribution is 2.19. The van der Waals surface area contributed by atoms with Crippen molar-refractivity contribution in [3.8, 4) is 0 Å². The normalized spacial score (nSPS) is 11.2. The van der Waals surface area contributed by atoms with Gasteiger partial charge in [-0.25, -0.2) is 0 Å². The number of hydrogen-bond acceptors (Lipinski definition) is 4. The topological polar surface area (TPSA) is 90.5 Å². The summed E-state index contributed by atoms with van der Waals surface area (Å²) < 4.78 is 0. The van der Waals surface area contributed by atoms with E-state index in [9.17, 15) is 14.4 Å². The van der Waals surface area contributed by atoms with E-state index >= 15 is 0 Å². The molecule has 0 bridgehead atoms. The zero-order valence-electron chi connectivity index (χ0n) is 22.1. The van der Waals surface area contributed by atoms with E-state index in [1.165, 1.54) is 0 Å². The molecule has 39 heavy (non-hydrogen) atoms. The van der Waals surface area contributed by atoms with Crippen LogP contribution in [0.5, 0.6) is 0 Å². The molecule has 4 aromatic carbocycles. The van der Waals surface area contributed by atoms with Crippen LogP contribution in [-0.4, -0.2) is 30.8 Å². The van der Waals surface area contributed by atoms with Crippen LogP contribution in [-0.2, 0) is 4.79 Å². The molecule has 7 heteroatoms. The van der Waals surface area contributed by atoms with Crippen LogP contribution in [0.15, 0.2) is 109 Å². The highest BCUT2D eigenvalue weighted by molar-refractivity contribution is 6.06. The molecule has 198 valence electrons. The van der Waals surface area contributed by atoms with Crippen molar-refractivity contribution in [1.29, 1.82) is 0 Å². The average molecular weight is 521 g/mol. The van der Waals surface area contributed by atoms with E-state index in [-0.39, 0.29) is 30.3 Å². The smallest absolute Gasteiger partial charge is 0.258 e. The van der Waals surface area contributed by atoms with Gasteiger partial charge < -0.3 is 20.9 Å². The minimum atomic E-state index is -0.276. The van der Waals surface area contributed by atoms with Gasteiger partial charge >= 0.3 is 0 Å². The molecular formula is C32H32N4O3. The maximum absolute atomic E-state index is 13.1. The molecule has 0 fully saturated rings. The van der Waals surface area contributed by atoms with Gasteiger partial charge in [-0.05, 0) is 67.9 Å². The van der Waals surface area contributed by atoms with Crippen molar-refractivity contribution in [2.24, 2.45) is 0 Å². The summed E-state index contributed by atoms with van der Waals surface area (Å²) in [5, 5.41) is 8.88. The lowest BCUT2D eigenvalue weighted by Crippen LogP contribution is -2.30. The molecule has 0 aromatic heterocycles. The van der Waals surface area contributed by atoms with Crippen molar-refractivity contribution in [3.05, 3.63) is 126 Å². The molecule has 1 atom stereocenters. The van der Waals surface area contributed by atoms with Gasteiger partial charge in [0.25, 0.3) is 11.8 Å². The zero-order valence-corrected chi connectivity index (χ0v) is 22.1. The molecule has 0 aliphatic rings. The van der Waals surface area contributed by atoms with Crippen molar-refractivity contribution in [2.45, 2.75) is 19.9 Å². The first-order chi connectivity index (χ1) is 18.9. The lowest BCUT2D eigenvalue weighted by molar-refractivity contribution is -0.114. The number of para-hydroxylation sites is 1. The minimum absolute atomic E-state index is 0.00468. The van der Waals surface area contributed by atoms with Gasteiger partial charge in [-0.1, -0.05) is 60.7 Å². The number of amides is 3. The third kappa shape index (κ3) is 7.32. The third-order valence-electron chi connectivity index (χ3n) is 6.25. The summed E-state index contributed by atoms with van der Waals surface area (Å²) in [7, 11) is 0. The van der Waals surface area contributed by atoms with E-state index in [0.717, 1.165) is 11.3 Å². The maximum Gasteiger partial charge on any atom is 0.258 e. The van der Waals surface area contributed by atoms with Crippen LogP contribution in [0.1, 0.15) is 46.2 Å². The molecule has 0 saturated carbocycles. The molecular weight excluding hydrogens is 488 g/mol. The van der Waals surface area contributed by atoms with E-state index in [1.807, 2.05) is 80.6 Å². The quantitative estimate of drug-likeness (QED) is 0.243. The van der Waals surface area contributed by atoms with Crippen molar-refractivity contribution in [2.75, 3.05) is 28.6 Å². The lowest BCUT2D eigenvalue weighted by atomic mass is 10.1. The number of benzene rings is 4. The predicted octanol–water partition coefficient (Wildman–Crippen LogP) is 5.89. The summed E-state index contributed by atoms with van der Waals surface area (Å²) in [6.45, 7) is 4.38. The molecule has 4 aromatic rings. The van der Waals surface area contributed by atoms with E-state index < -0.39 is 0 Å². The van der Waals surface area contributed by atoms with Crippen LogP contribution < -0.4 is 20.9 Å². The summed E-state index contributed by atoms with van der Waals surface area (Å²) in [6, 6.07) is 33.0. The molecule has 3 amide bonds. The first-order valence-corrected chi connectivity index (χ1v) is 12.9. The van der Waals surface area contributed by atoms with Crippen molar-refractivity contribution in [1.82, 2.24) is 5.32 Å². The summed E-state index contributed by atoms with van der Waals surface area (Å²) in [6.07, 6.45) is 0. The minimum Gasteiger partial charge on any atom is -0.376 e. The first-order valence-electron chi connectivity index (χ1n) is 12.9. The Morgan fingerprint density at radius 3 is 2.05 bits per heavy atom. The highest BCUT2D eigenvalue weighted by Gasteiger charge is 2.16. The number of carbonyl (C=O) groups excluding carboxylic acids is 3. The van der Waals surface area contributed by atoms with Gasteiger partial charge in [0, 0.05) is 34.7 Å². The Morgan fingerprint density at radius 2 is 1.36 bits per heavy atom. The van der Waals surface area contributed by atoms with Gasteiger partial charge in [-0.15, -0.1) is 0 Å². The second kappa shape index (κ2) is 13.1. The molecule has 1 unspecified atom stereocenters. The van der Waals surface area contributed by atoms with Gasteiger partial charge in [-0.2, -0.15) is 0 Å². The Balaban J connectivity index is 1.34. The second-order valence-corrected chi connectivity index (χ2v) is 9.05. The highest BCUT2D eigenvalue weighted by atomic mass is 16.2. The van der Waals surface area contributed by atoms with E-state index in [0.29, 0.717) is 29.0 Å². The van der Waals surface area contributed by atoms with E-state index in [2.05, 4.69) is 16.0 Å². The Hall–Kier alpha value is -4.91. The van der Waals surface area contributed by atoms with Crippen LogP contribution >= 0.6 is 0 Å². The molecule has 0 spiro atoms. The van der Waals surface area contributed by atoms with Gasteiger partial charge in [0.2, 0.25) is 5.91 Å². The molecule has 0 aliphatic heterocycles. The Morgan fingerprint density at radius 1 is 0.744 bits per heavy atom. The largest absolute Gasteiger partial charge is 0.376 e. The van der Waals surface area contributed by atoms with Crippen molar-refractivity contribution in [3.63, 3.8) is 0 Å². The van der Waals surface area contributed by atoms with Crippen LogP contribution in [0, 0.1) is 0 Å². The molecule has 7 nitrogen and oxygen atoms in total. The maximum atomic E-state index is 13.1. The van der Waals surface area contributed by atoms with Gasteiger partial charge in [0.15, 0.2) is 0 Å². The Labute approximate surface area is 228 Å². The fourth-order valence-corrected chi connectivity index (χ4v) is 4.20. The predicted molar refractivity (Wildman–Crippen MR) is 156 cm³/mol. The number of carbonyl (C=O) groups is 3. The fourth-order valence-electron chi connectivity index (χ4n) is 4.20. The molecule has 0 aliphatic carbocycles. The number of nitrogens with one attached hydrogen (secondary N) is 3. The second-order valence-electron chi connectivity index (χ2n) is 9.05. The summed E-state index contributed by atoms with van der Waals surface area (Å²) in [5.74, 6) is -0.617. The Bertz CT molecular complexity index is 1420. The SMILES string of the molecule is CCN(C(=O)c1cccc(NCC(=O)Nc2cccc(C(=O)NC(C)c3ccccc3)c2)c1)c1ccccc1. The van der Waals surface area contributed by atoms with Crippen LogP contribution in [0.4, 0.5) is 17.1 Å². The average Bonchev–Trinajstić information content (AvgIpc) is 2.97. The molecule has 0 heterocycles. The summed E-state index contributed by atoms with van der Waals surface area (Å²) in [5.41, 5.74) is 3.99. The number of nitrogens with zero attached hydrogens (tertiary/aromatic N) is 1. The third-order valence-corrected chi connectivity index (χ3v) is 6.25. The van der Waals surface area contributed by atoms with E-state index in [4.69, 9.17) is 0 Å². The van der Waals surface area contributed by atoms with Gasteiger partial charge in [0.05, 0.1) is 12.6 Å². The number of anilines is 3. The molecule has 3 N–H and O–H groups in total. The van der Waals surface area contributed by atoms with E-state index in [1.54, 1.807) is 47.4 Å². The summed E-state index contributed by atoms with van der Waals surface area (Å²) in [4.78, 5) is 40.2. The Kier molecular flexibility index (Phi) is 9.08. The van der Waals surface area contributed by atoms with Crippen molar-refractivity contribution < 1.29 is 14.4 Å². The zero-order chi connectivity index (χ0) is 27.6. The van der Waals surface area contributed by atoms with Gasteiger partial charge in [0.1, 0.15) is 0 Å².